The van der Waals surface area contributed by atoms with Gasteiger partial charge >= 0.3 is 0 Å². The fourth-order valence-electron chi connectivity index (χ4n) is 1.38. The number of carbonyl (C=O) groups is 1. The van der Waals surface area contributed by atoms with Crippen LogP contribution in [0.4, 0.5) is 0 Å². The van der Waals surface area contributed by atoms with E-state index in [1.165, 1.54) is 5.57 Å². The van der Waals surface area contributed by atoms with Crippen molar-refractivity contribution in [2.45, 2.75) is 12.5 Å². The predicted molar refractivity (Wildman–Crippen MR) is 48.7 cm³/mol. The summed E-state index contributed by atoms with van der Waals surface area (Å²) in [5, 5.41) is 3.02. The van der Waals surface area contributed by atoms with Crippen molar-refractivity contribution in [3.63, 3.8) is 0 Å². The zero-order chi connectivity index (χ0) is 7.68. The van der Waals surface area contributed by atoms with Crippen LogP contribution in [0.25, 0.3) is 0 Å². The summed E-state index contributed by atoms with van der Waals surface area (Å²) in [5.74, 6) is 0.159. The molecule has 1 aliphatic heterocycles. The van der Waals surface area contributed by atoms with Crippen LogP contribution in [0.5, 0.6) is 0 Å². The van der Waals surface area contributed by atoms with Crippen LogP contribution in [0.1, 0.15) is 6.42 Å². The number of dihydropyridines is 1. The lowest BCUT2D eigenvalue weighted by Crippen LogP contribution is -2.37. The second kappa shape index (κ2) is 3.75. The Labute approximate surface area is 82.2 Å². The number of hydrogen-bond donors (Lipinski definition) is 1. The molecule has 59 valence electrons. The van der Waals surface area contributed by atoms with Crippen molar-refractivity contribution < 1.29 is 4.79 Å². The van der Waals surface area contributed by atoms with Gasteiger partial charge in [0.05, 0.1) is 0 Å². The molecule has 1 N–H and O–H groups in total. The molecule has 0 fully saturated rings. The number of nitrogens with one attached hydrogen (secondary N) is 1. The summed E-state index contributed by atoms with van der Waals surface area (Å²) in [5.41, 5.74) is 1.17. The molecule has 0 aromatic carbocycles. The normalized spacial score (nSPS) is 25.2. The van der Waals surface area contributed by atoms with E-state index >= 15 is 0 Å². The number of allylic oxidation sites excluding steroid dienone is 3. The first-order chi connectivity index (χ1) is 5.38. The first-order valence-corrected chi connectivity index (χ1v) is 3.70. The zero-order valence-electron chi connectivity index (χ0n) is 6.66. The Kier molecular flexibility index (Phi) is 2.91. The number of rotatable bonds is 0. The third kappa shape index (κ3) is 1.52. The highest BCUT2D eigenvalue weighted by molar-refractivity contribution is 5.98. The van der Waals surface area contributed by atoms with E-state index < -0.39 is 0 Å². The molecule has 12 heavy (non-hydrogen) atoms. The van der Waals surface area contributed by atoms with Gasteiger partial charge in [0.15, 0.2) is 5.78 Å². The molecule has 1 heterocycles. The number of fused-ring (bicyclic) bond motifs is 1. The van der Waals surface area contributed by atoms with Gasteiger partial charge in [-0.1, -0.05) is 12.2 Å². The largest absolute Gasteiger partial charge is 0.378 e. The molecule has 1 aliphatic carbocycles. The Morgan fingerprint density at radius 1 is 1.50 bits per heavy atom. The van der Waals surface area contributed by atoms with Gasteiger partial charge in [0.1, 0.15) is 6.04 Å². The average Bonchev–Trinajstić information content (AvgIpc) is 2.06. The molecule has 0 saturated carbocycles. The molecule has 1 atom stereocenters. The van der Waals surface area contributed by atoms with Gasteiger partial charge in [-0.25, -0.2) is 0 Å². The summed E-state index contributed by atoms with van der Waals surface area (Å²) in [7, 11) is 0. The molecular formula is C9H9AlNO. The van der Waals surface area contributed by atoms with Crippen LogP contribution in [-0.2, 0) is 4.79 Å². The Balaban J connectivity index is 0.000000720. The summed E-state index contributed by atoms with van der Waals surface area (Å²) in [6.07, 6.45) is 10.2. The summed E-state index contributed by atoms with van der Waals surface area (Å²) in [6, 6.07) is -0.0787. The maximum Gasteiger partial charge on any atom is 0.181 e. The topological polar surface area (TPSA) is 29.1 Å². The molecule has 0 saturated heterocycles. The first kappa shape index (κ1) is 9.31. The highest BCUT2D eigenvalue weighted by atomic mass is 27.0. The van der Waals surface area contributed by atoms with Crippen LogP contribution in [0.2, 0.25) is 0 Å². The summed E-state index contributed by atoms with van der Waals surface area (Å²) < 4.78 is 0. The Morgan fingerprint density at radius 2 is 2.33 bits per heavy atom. The van der Waals surface area contributed by atoms with Crippen LogP contribution in [-0.4, -0.2) is 29.2 Å². The van der Waals surface area contributed by atoms with E-state index in [2.05, 4.69) is 5.32 Å². The van der Waals surface area contributed by atoms with Gasteiger partial charge in [-0.05, 0) is 30.3 Å². The molecule has 0 amide bonds. The number of hydrogen-bond acceptors (Lipinski definition) is 2. The molecule has 0 aromatic rings. The Morgan fingerprint density at radius 3 is 3.08 bits per heavy atom. The van der Waals surface area contributed by atoms with E-state index in [0.717, 1.165) is 6.42 Å². The van der Waals surface area contributed by atoms with Gasteiger partial charge in [0, 0.05) is 17.4 Å². The molecule has 1 unspecified atom stereocenters. The fourth-order valence-corrected chi connectivity index (χ4v) is 1.38. The standard InChI is InChI=1S/C9H9NO.Al/c11-8-5-1-3-7-4-2-6-10-9(7)8;/h1-2,4-6,9-10H,3H2;. The second-order valence-corrected chi connectivity index (χ2v) is 2.71. The highest BCUT2D eigenvalue weighted by Gasteiger charge is 2.22. The van der Waals surface area contributed by atoms with Crippen LogP contribution < -0.4 is 5.32 Å². The predicted octanol–water partition coefficient (Wildman–Crippen LogP) is 0.546. The van der Waals surface area contributed by atoms with Crippen LogP contribution >= 0.6 is 0 Å². The van der Waals surface area contributed by atoms with Crippen molar-refractivity contribution in [2.24, 2.45) is 0 Å². The van der Waals surface area contributed by atoms with E-state index in [-0.39, 0.29) is 29.2 Å². The average molecular weight is 174 g/mol. The van der Waals surface area contributed by atoms with Crippen molar-refractivity contribution in [3.05, 3.63) is 36.1 Å². The van der Waals surface area contributed by atoms with Crippen LogP contribution in [0.15, 0.2) is 36.1 Å². The zero-order valence-corrected chi connectivity index (χ0v) is 7.81. The van der Waals surface area contributed by atoms with E-state index in [0.29, 0.717) is 0 Å². The summed E-state index contributed by atoms with van der Waals surface area (Å²) in [6.45, 7) is 0. The van der Waals surface area contributed by atoms with Crippen molar-refractivity contribution in [2.75, 3.05) is 0 Å². The van der Waals surface area contributed by atoms with Crippen molar-refractivity contribution in [3.8, 4) is 0 Å². The summed E-state index contributed by atoms with van der Waals surface area (Å²) >= 11 is 0. The van der Waals surface area contributed by atoms with Gasteiger partial charge in [0.2, 0.25) is 0 Å². The van der Waals surface area contributed by atoms with E-state index in [1.54, 1.807) is 6.08 Å². The molecule has 3 radical (unpaired) electrons. The maximum atomic E-state index is 11.2. The third-order valence-corrected chi connectivity index (χ3v) is 1.96. The van der Waals surface area contributed by atoms with Crippen molar-refractivity contribution in [1.29, 1.82) is 0 Å². The highest BCUT2D eigenvalue weighted by Crippen LogP contribution is 2.17. The van der Waals surface area contributed by atoms with Gasteiger partial charge in [-0.3, -0.25) is 4.79 Å². The third-order valence-electron chi connectivity index (χ3n) is 1.96. The Hall–Kier alpha value is -0.778. The molecule has 2 aliphatic rings. The second-order valence-electron chi connectivity index (χ2n) is 2.71. The van der Waals surface area contributed by atoms with E-state index in [4.69, 9.17) is 0 Å². The molecular weight excluding hydrogens is 165 g/mol. The van der Waals surface area contributed by atoms with Crippen molar-refractivity contribution in [1.82, 2.24) is 5.32 Å². The monoisotopic (exact) mass is 174 g/mol. The lowest BCUT2D eigenvalue weighted by atomic mass is 9.93. The number of carbonyl (C=O) groups excluding carboxylic acids is 1. The maximum absolute atomic E-state index is 11.2. The molecule has 0 spiro atoms. The molecule has 0 aromatic heterocycles. The van der Waals surface area contributed by atoms with Crippen LogP contribution in [0, 0.1) is 0 Å². The Bertz CT molecular complexity index is 278. The minimum Gasteiger partial charge on any atom is -0.378 e. The summed E-state index contributed by atoms with van der Waals surface area (Å²) in [4.78, 5) is 11.2. The van der Waals surface area contributed by atoms with Crippen molar-refractivity contribution >= 4 is 23.1 Å². The minimum atomic E-state index is -0.0787. The lowest BCUT2D eigenvalue weighted by Gasteiger charge is -2.22. The van der Waals surface area contributed by atoms with Crippen LogP contribution in [0.3, 0.4) is 0 Å². The number of ketones is 1. The van der Waals surface area contributed by atoms with Gasteiger partial charge < -0.3 is 5.32 Å². The molecule has 2 nitrogen and oxygen atoms in total. The quantitative estimate of drug-likeness (QED) is 0.543. The smallest absolute Gasteiger partial charge is 0.181 e. The van der Waals surface area contributed by atoms with Gasteiger partial charge in [0.25, 0.3) is 0 Å². The first-order valence-electron chi connectivity index (χ1n) is 3.70. The fraction of sp³-hybridized carbons (Fsp3) is 0.222. The van der Waals surface area contributed by atoms with Gasteiger partial charge in [-0.15, -0.1) is 0 Å². The van der Waals surface area contributed by atoms with E-state index in [1.807, 2.05) is 24.4 Å². The lowest BCUT2D eigenvalue weighted by molar-refractivity contribution is -0.115. The SMILES string of the molecule is O=C1C=CCC2=CC=CNC12.[Al]. The minimum absolute atomic E-state index is 0. The van der Waals surface area contributed by atoms with E-state index in [9.17, 15) is 4.79 Å². The van der Waals surface area contributed by atoms with Gasteiger partial charge in [-0.2, -0.15) is 0 Å². The molecule has 2 rings (SSSR count). The molecule has 3 heteroatoms. The molecule has 0 bridgehead atoms.